The second-order valence-corrected chi connectivity index (χ2v) is 4.57. The molecule has 1 aromatic carbocycles. The first-order valence-corrected chi connectivity index (χ1v) is 6.46. The summed E-state index contributed by atoms with van der Waals surface area (Å²) in [6, 6.07) is 6.84. The summed E-state index contributed by atoms with van der Waals surface area (Å²) in [6.07, 6.45) is 1.50. The van der Waals surface area contributed by atoms with Crippen LogP contribution in [-0.4, -0.2) is 18.4 Å². The Kier molecular flexibility index (Phi) is 4.94. The predicted octanol–water partition coefficient (Wildman–Crippen LogP) is 2.12. The van der Waals surface area contributed by atoms with Crippen molar-refractivity contribution >= 4 is 23.4 Å². The van der Waals surface area contributed by atoms with Crippen LogP contribution in [0.5, 0.6) is 0 Å². The van der Waals surface area contributed by atoms with Gasteiger partial charge in [0.15, 0.2) is 0 Å². The molecular weight excluding hydrogens is 299 g/mol. The Balaban J connectivity index is 1.81. The molecule has 2 aromatic rings. The van der Waals surface area contributed by atoms with E-state index in [1.165, 1.54) is 12.3 Å². The van der Waals surface area contributed by atoms with Crippen molar-refractivity contribution in [1.29, 1.82) is 0 Å². The molecule has 2 N–H and O–H groups in total. The van der Waals surface area contributed by atoms with Gasteiger partial charge in [-0.2, -0.15) is 0 Å². The third kappa shape index (κ3) is 4.32. The van der Waals surface area contributed by atoms with Gasteiger partial charge in [-0.25, -0.2) is 4.39 Å². The van der Waals surface area contributed by atoms with E-state index in [9.17, 15) is 14.0 Å². The third-order valence-electron chi connectivity index (χ3n) is 2.63. The van der Waals surface area contributed by atoms with Crippen LogP contribution < -0.4 is 10.6 Å². The second-order valence-electron chi connectivity index (χ2n) is 4.16. The Hall–Kier alpha value is -2.34. The zero-order valence-corrected chi connectivity index (χ0v) is 11.6. The van der Waals surface area contributed by atoms with Crippen LogP contribution in [0.4, 0.5) is 4.39 Å². The molecule has 0 fully saturated rings. The Morgan fingerprint density at radius 2 is 2.05 bits per heavy atom. The molecule has 0 saturated heterocycles. The summed E-state index contributed by atoms with van der Waals surface area (Å²) < 4.78 is 17.9. The second kappa shape index (κ2) is 6.90. The van der Waals surface area contributed by atoms with E-state index in [1.807, 2.05) is 0 Å². The van der Waals surface area contributed by atoms with Gasteiger partial charge in [-0.05, 0) is 30.3 Å². The number of carbonyl (C=O) groups is 2. The lowest BCUT2D eigenvalue weighted by Gasteiger charge is -2.07. The molecule has 5 nitrogen and oxygen atoms in total. The number of hydrogen-bond acceptors (Lipinski definition) is 3. The summed E-state index contributed by atoms with van der Waals surface area (Å²) in [6.45, 7) is 0.0201. The van der Waals surface area contributed by atoms with Crippen molar-refractivity contribution in [3.63, 3.8) is 0 Å². The number of rotatable bonds is 5. The molecule has 0 radical (unpaired) electrons. The van der Waals surface area contributed by atoms with Gasteiger partial charge < -0.3 is 15.1 Å². The molecule has 21 heavy (non-hydrogen) atoms. The van der Waals surface area contributed by atoms with E-state index in [-0.39, 0.29) is 29.6 Å². The molecule has 0 atom stereocenters. The van der Waals surface area contributed by atoms with Crippen LogP contribution in [0.3, 0.4) is 0 Å². The van der Waals surface area contributed by atoms with Crippen molar-refractivity contribution in [2.24, 2.45) is 0 Å². The maximum atomic E-state index is 12.9. The van der Waals surface area contributed by atoms with Gasteiger partial charge in [-0.15, -0.1) is 0 Å². The van der Waals surface area contributed by atoms with Crippen molar-refractivity contribution in [3.8, 4) is 0 Å². The van der Waals surface area contributed by atoms with Gasteiger partial charge >= 0.3 is 0 Å². The molecule has 0 unspecified atom stereocenters. The maximum Gasteiger partial charge on any atom is 0.253 e. The van der Waals surface area contributed by atoms with Crippen LogP contribution in [0, 0.1) is 5.82 Å². The molecule has 7 heteroatoms. The molecule has 0 spiro atoms. The van der Waals surface area contributed by atoms with Gasteiger partial charge in [-0.3, -0.25) is 9.59 Å². The van der Waals surface area contributed by atoms with Gasteiger partial charge in [0.2, 0.25) is 5.91 Å². The smallest absolute Gasteiger partial charge is 0.253 e. The average molecular weight is 311 g/mol. The molecule has 0 aliphatic heterocycles. The van der Waals surface area contributed by atoms with E-state index in [4.69, 9.17) is 16.0 Å². The number of halogens is 2. The minimum atomic E-state index is -0.548. The fourth-order valence-electron chi connectivity index (χ4n) is 1.59. The molecule has 2 rings (SSSR count). The first-order chi connectivity index (χ1) is 10.1. The Bertz CT molecular complexity index is 644. The number of amides is 2. The van der Waals surface area contributed by atoms with Gasteiger partial charge in [0.25, 0.3) is 5.91 Å². The quantitative estimate of drug-likeness (QED) is 0.888. The zero-order chi connectivity index (χ0) is 15.2. The highest BCUT2D eigenvalue weighted by Gasteiger charge is 2.12. The minimum Gasteiger partial charge on any atom is -0.467 e. The van der Waals surface area contributed by atoms with Crippen LogP contribution in [0.1, 0.15) is 16.1 Å². The SMILES string of the molecule is O=C(CNC(=O)c1ccc(F)cc1Cl)NCc1ccco1. The summed E-state index contributed by atoms with van der Waals surface area (Å²) in [7, 11) is 0. The first kappa shape index (κ1) is 15.1. The van der Waals surface area contributed by atoms with Crippen LogP contribution in [0.15, 0.2) is 41.0 Å². The van der Waals surface area contributed by atoms with Crippen LogP contribution in [0.25, 0.3) is 0 Å². The minimum absolute atomic E-state index is 0.0107. The Labute approximate surface area is 125 Å². The first-order valence-electron chi connectivity index (χ1n) is 6.08. The maximum absolute atomic E-state index is 12.9. The van der Waals surface area contributed by atoms with Crippen LogP contribution in [-0.2, 0) is 11.3 Å². The summed E-state index contributed by atoms with van der Waals surface area (Å²) in [5.41, 5.74) is 0.108. The van der Waals surface area contributed by atoms with Crippen molar-refractivity contribution < 1.29 is 18.4 Å². The topological polar surface area (TPSA) is 71.3 Å². The monoisotopic (exact) mass is 310 g/mol. The van der Waals surface area contributed by atoms with Crippen molar-refractivity contribution in [2.45, 2.75) is 6.54 Å². The Morgan fingerprint density at radius 1 is 1.24 bits per heavy atom. The van der Waals surface area contributed by atoms with Crippen LogP contribution in [0.2, 0.25) is 5.02 Å². The van der Waals surface area contributed by atoms with Gasteiger partial charge in [0.1, 0.15) is 11.6 Å². The fraction of sp³-hybridized carbons (Fsp3) is 0.143. The molecule has 0 bridgehead atoms. The van der Waals surface area contributed by atoms with E-state index in [1.54, 1.807) is 12.1 Å². The summed E-state index contributed by atoms with van der Waals surface area (Å²) in [5, 5.41) is 4.97. The lowest BCUT2D eigenvalue weighted by atomic mass is 10.2. The van der Waals surface area contributed by atoms with Crippen molar-refractivity contribution in [2.75, 3.05) is 6.54 Å². The molecule has 0 saturated carbocycles. The summed E-state index contributed by atoms with van der Waals surface area (Å²) in [5.74, 6) is -0.852. The van der Waals surface area contributed by atoms with E-state index < -0.39 is 11.7 Å². The molecule has 2 amide bonds. The highest BCUT2D eigenvalue weighted by atomic mass is 35.5. The van der Waals surface area contributed by atoms with E-state index in [0.717, 1.165) is 12.1 Å². The Morgan fingerprint density at radius 3 is 2.71 bits per heavy atom. The highest BCUT2D eigenvalue weighted by molar-refractivity contribution is 6.33. The zero-order valence-electron chi connectivity index (χ0n) is 10.9. The number of furan rings is 1. The van der Waals surface area contributed by atoms with Crippen molar-refractivity contribution in [3.05, 3.63) is 58.8 Å². The van der Waals surface area contributed by atoms with Gasteiger partial charge in [0.05, 0.1) is 29.9 Å². The standard InChI is InChI=1S/C14H12ClFN2O3/c15-12-6-9(16)3-4-11(12)14(20)18-8-13(19)17-7-10-2-1-5-21-10/h1-6H,7-8H2,(H,17,19)(H,18,20). The number of hydrogen-bond donors (Lipinski definition) is 2. The molecular formula is C14H12ClFN2O3. The van der Waals surface area contributed by atoms with Crippen molar-refractivity contribution in [1.82, 2.24) is 10.6 Å². The lowest BCUT2D eigenvalue weighted by Crippen LogP contribution is -2.36. The highest BCUT2D eigenvalue weighted by Crippen LogP contribution is 2.16. The predicted molar refractivity (Wildman–Crippen MR) is 74.3 cm³/mol. The molecule has 1 aromatic heterocycles. The van der Waals surface area contributed by atoms with E-state index in [0.29, 0.717) is 5.76 Å². The summed E-state index contributed by atoms with van der Waals surface area (Å²) in [4.78, 5) is 23.4. The number of nitrogens with one attached hydrogen (secondary N) is 2. The van der Waals surface area contributed by atoms with E-state index in [2.05, 4.69) is 10.6 Å². The van der Waals surface area contributed by atoms with E-state index >= 15 is 0 Å². The number of carbonyl (C=O) groups excluding carboxylic acids is 2. The lowest BCUT2D eigenvalue weighted by molar-refractivity contribution is -0.120. The number of benzene rings is 1. The third-order valence-corrected chi connectivity index (χ3v) is 2.94. The van der Waals surface area contributed by atoms with Gasteiger partial charge in [-0.1, -0.05) is 11.6 Å². The molecule has 0 aliphatic carbocycles. The normalized spacial score (nSPS) is 10.2. The average Bonchev–Trinajstić information content (AvgIpc) is 2.95. The largest absolute Gasteiger partial charge is 0.467 e. The molecule has 110 valence electrons. The molecule has 1 heterocycles. The molecule has 0 aliphatic rings. The van der Waals surface area contributed by atoms with Crippen LogP contribution >= 0.6 is 11.6 Å². The van der Waals surface area contributed by atoms with Gasteiger partial charge in [0, 0.05) is 0 Å². The summed E-state index contributed by atoms with van der Waals surface area (Å²) >= 11 is 5.75. The fourth-order valence-corrected chi connectivity index (χ4v) is 1.84.